The third kappa shape index (κ3) is 1.72. The van der Waals surface area contributed by atoms with Crippen molar-refractivity contribution in [2.24, 2.45) is 0 Å². The molecule has 2 aromatic carbocycles. The third-order valence-electron chi connectivity index (χ3n) is 3.02. The summed E-state index contributed by atoms with van der Waals surface area (Å²) >= 11 is 0. The maximum absolute atomic E-state index is 9.80. The van der Waals surface area contributed by atoms with Crippen LogP contribution in [0.1, 0.15) is 0 Å². The van der Waals surface area contributed by atoms with Crippen molar-refractivity contribution in [2.45, 2.75) is 0 Å². The minimum Gasteiger partial charge on any atom is -0.508 e. The first kappa shape index (κ1) is 11.3. The van der Waals surface area contributed by atoms with Crippen LogP contribution in [0.4, 0.5) is 0 Å². The van der Waals surface area contributed by atoms with Crippen LogP contribution >= 0.6 is 0 Å². The largest absolute Gasteiger partial charge is 0.508 e. The third-order valence-corrected chi connectivity index (χ3v) is 3.02. The molecule has 0 aliphatic heterocycles. The van der Waals surface area contributed by atoms with E-state index in [9.17, 15) is 20.4 Å². The highest BCUT2D eigenvalue weighted by molar-refractivity contribution is 5.95. The van der Waals surface area contributed by atoms with Crippen LogP contribution in [0.2, 0.25) is 0 Å². The quantitative estimate of drug-likeness (QED) is 0.433. The number of H-pyrrole nitrogens is 1. The second-order valence-electron chi connectivity index (χ2n) is 4.28. The summed E-state index contributed by atoms with van der Waals surface area (Å²) in [5, 5.41) is 39.2. The SMILES string of the molecule is Oc1ccc(O)c(-c2cc3c(O)ccc(O)c3[nH]2)c1. The molecule has 3 aromatic rings. The van der Waals surface area contributed by atoms with E-state index in [1.54, 1.807) is 6.07 Å². The molecule has 19 heavy (non-hydrogen) atoms. The zero-order valence-electron chi connectivity index (χ0n) is 9.75. The van der Waals surface area contributed by atoms with Gasteiger partial charge in [-0.15, -0.1) is 0 Å². The van der Waals surface area contributed by atoms with Gasteiger partial charge in [-0.2, -0.15) is 0 Å². The average Bonchev–Trinajstić information content (AvgIpc) is 2.83. The summed E-state index contributed by atoms with van der Waals surface area (Å²) in [6, 6.07) is 8.50. The lowest BCUT2D eigenvalue weighted by Crippen LogP contribution is -1.78. The van der Waals surface area contributed by atoms with Crippen LogP contribution < -0.4 is 0 Å². The molecule has 0 aliphatic rings. The zero-order valence-corrected chi connectivity index (χ0v) is 9.75. The highest BCUT2D eigenvalue weighted by Crippen LogP contribution is 2.38. The Balaban J connectivity index is 2.29. The molecule has 0 fully saturated rings. The normalized spacial score (nSPS) is 10.9. The fourth-order valence-electron chi connectivity index (χ4n) is 2.07. The van der Waals surface area contributed by atoms with Gasteiger partial charge in [0.05, 0.1) is 11.2 Å². The first-order valence-corrected chi connectivity index (χ1v) is 5.62. The Morgan fingerprint density at radius 2 is 1.42 bits per heavy atom. The molecule has 1 heterocycles. The fraction of sp³-hybridized carbons (Fsp3) is 0. The summed E-state index contributed by atoms with van der Waals surface area (Å²) in [4.78, 5) is 2.91. The summed E-state index contributed by atoms with van der Waals surface area (Å²) in [6.07, 6.45) is 0. The van der Waals surface area contributed by atoms with Crippen molar-refractivity contribution in [1.82, 2.24) is 4.98 Å². The van der Waals surface area contributed by atoms with Gasteiger partial charge in [0.2, 0.25) is 0 Å². The molecular formula is C14H11NO4. The second kappa shape index (κ2) is 3.84. The van der Waals surface area contributed by atoms with E-state index in [0.717, 1.165) is 0 Å². The lowest BCUT2D eigenvalue weighted by Gasteiger charge is -2.02. The molecule has 3 rings (SSSR count). The van der Waals surface area contributed by atoms with Gasteiger partial charge in [0.25, 0.3) is 0 Å². The number of phenolic OH excluding ortho intramolecular Hbond substituents is 4. The molecule has 5 N–H and O–H groups in total. The number of aromatic hydroxyl groups is 4. The monoisotopic (exact) mass is 257 g/mol. The summed E-state index contributed by atoms with van der Waals surface area (Å²) in [5.74, 6) is 0.0249. The first-order valence-electron chi connectivity index (χ1n) is 5.62. The number of fused-ring (bicyclic) bond motifs is 1. The molecule has 0 saturated carbocycles. The van der Waals surface area contributed by atoms with Crippen molar-refractivity contribution in [2.75, 3.05) is 0 Å². The van der Waals surface area contributed by atoms with Crippen molar-refractivity contribution in [1.29, 1.82) is 0 Å². The number of aromatic nitrogens is 1. The average molecular weight is 257 g/mol. The predicted molar refractivity (Wildman–Crippen MR) is 70.4 cm³/mol. The number of hydrogen-bond donors (Lipinski definition) is 5. The molecule has 0 aliphatic carbocycles. The van der Waals surface area contributed by atoms with E-state index in [1.807, 2.05) is 0 Å². The minimum absolute atomic E-state index is 0.00121. The van der Waals surface area contributed by atoms with Crippen molar-refractivity contribution in [3.8, 4) is 34.3 Å². The maximum Gasteiger partial charge on any atom is 0.139 e. The Kier molecular flexibility index (Phi) is 2.28. The molecular weight excluding hydrogens is 246 g/mol. The lowest BCUT2D eigenvalue weighted by atomic mass is 10.1. The van der Waals surface area contributed by atoms with Crippen LogP contribution in [0, 0.1) is 0 Å². The molecule has 5 heteroatoms. The van der Waals surface area contributed by atoms with Crippen LogP contribution in [0.3, 0.4) is 0 Å². The molecule has 0 amide bonds. The van der Waals surface area contributed by atoms with Gasteiger partial charge in [-0.1, -0.05) is 0 Å². The van der Waals surface area contributed by atoms with Crippen LogP contribution in [0.5, 0.6) is 23.0 Å². The summed E-state index contributed by atoms with van der Waals surface area (Å²) in [6.45, 7) is 0. The number of rotatable bonds is 1. The molecule has 0 radical (unpaired) electrons. The molecule has 1 aromatic heterocycles. The van der Waals surface area contributed by atoms with Gasteiger partial charge < -0.3 is 25.4 Å². The van der Waals surface area contributed by atoms with E-state index in [-0.39, 0.29) is 23.0 Å². The molecule has 5 nitrogen and oxygen atoms in total. The molecule has 0 unspecified atom stereocenters. The molecule has 0 spiro atoms. The van der Waals surface area contributed by atoms with E-state index in [2.05, 4.69) is 4.98 Å². The van der Waals surface area contributed by atoms with Crippen LogP contribution in [-0.2, 0) is 0 Å². The number of aromatic amines is 1. The van der Waals surface area contributed by atoms with Crippen molar-refractivity contribution < 1.29 is 20.4 Å². The Bertz CT molecular complexity index is 737. The standard InChI is InChI=1S/C14H11NO4/c16-7-1-2-11(17)8(5-7)10-6-9-12(18)3-4-13(19)14(9)15-10/h1-6,15-19H. The van der Waals surface area contributed by atoms with Crippen molar-refractivity contribution >= 4 is 10.9 Å². The van der Waals surface area contributed by atoms with Gasteiger partial charge in [0, 0.05) is 10.9 Å². The summed E-state index contributed by atoms with van der Waals surface area (Å²) in [5.41, 5.74) is 1.24. The highest BCUT2D eigenvalue weighted by atomic mass is 16.3. The van der Waals surface area contributed by atoms with E-state index in [1.165, 1.54) is 30.3 Å². The predicted octanol–water partition coefficient (Wildman–Crippen LogP) is 2.66. The lowest BCUT2D eigenvalue weighted by molar-refractivity contribution is 0.461. The van der Waals surface area contributed by atoms with Gasteiger partial charge >= 0.3 is 0 Å². The number of benzene rings is 2. The number of phenols is 4. The fourth-order valence-corrected chi connectivity index (χ4v) is 2.07. The van der Waals surface area contributed by atoms with Gasteiger partial charge in [-0.05, 0) is 36.4 Å². The number of nitrogens with one attached hydrogen (secondary N) is 1. The second-order valence-corrected chi connectivity index (χ2v) is 4.28. The van der Waals surface area contributed by atoms with Gasteiger partial charge in [0.1, 0.15) is 23.0 Å². The summed E-state index contributed by atoms with van der Waals surface area (Å²) < 4.78 is 0. The van der Waals surface area contributed by atoms with E-state index >= 15 is 0 Å². The highest BCUT2D eigenvalue weighted by Gasteiger charge is 2.13. The Hall–Kier alpha value is -2.82. The first-order chi connectivity index (χ1) is 9.06. The Morgan fingerprint density at radius 1 is 0.737 bits per heavy atom. The van der Waals surface area contributed by atoms with Crippen molar-refractivity contribution in [3.63, 3.8) is 0 Å². The summed E-state index contributed by atoms with van der Waals surface area (Å²) in [7, 11) is 0. The van der Waals surface area contributed by atoms with Gasteiger partial charge in [-0.3, -0.25) is 0 Å². The van der Waals surface area contributed by atoms with Gasteiger partial charge in [0.15, 0.2) is 0 Å². The topological polar surface area (TPSA) is 96.7 Å². The van der Waals surface area contributed by atoms with E-state index < -0.39 is 0 Å². The van der Waals surface area contributed by atoms with Crippen LogP contribution in [0.25, 0.3) is 22.2 Å². The Morgan fingerprint density at radius 3 is 2.16 bits per heavy atom. The van der Waals surface area contributed by atoms with Crippen LogP contribution in [0.15, 0.2) is 36.4 Å². The van der Waals surface area contributed by atoms with Crippen molar-refractivity contribution in [3.05, 3.63) is 36.4 Å². The van der Waals surface area contributed by atoms with Crippen LogP contribution in [-0.4, -0.2) is 25.4 Å². The smallest absolute Gasteiger partial charge is 0.139 e. The minimum atomic E-state index is -0.0108. The molecule has 0 saturated heterocycles. The number of hydrogen-bond acceptors (Lipinski definition) is 4. The molecule has 0 atom stereocenters. The molecule has 0 bridgehead atoms. The van der Waals surface area contributed by atoms with E-state index in [0.29, 0.717) is 22.2 Å². The van der Waals surface area contributed by atoms with Gasteiger partial charge in [-0.25, -0.2) is 0 Å². The Labute approximate surface area is 108 Å². The molecule has 96 valence electrons. The van der Waals surface area contributed by atoms with E-state index in [4.69, 9.17) is 0 Å². The maximum atomic E-state index is 9.80. The zero-order chi connectivity index (χ0) is 13.6.